The first-order chi connectivity index (χ1) is 21.4. The van der Waals surface area contributed by atoms with Gasteiger partial charge in [-0.05, 0) is 44.0 Å². The number of imidazole rings is 1. The third-order valence-electron chi connectivity index (χ3n) is 6.63. The Hall–Kier alpha value is -3.54. The van der Waals surface area contributed by atoms with Crippen LogP contribution in [0.25, 0.3) is 11.2 Å². The molecule has 4 aromatic rings. The van der Waals surface area contributed by atoms with E-state index in [0.29, 0.717) is 48.2 Å². The minimum atomic E-state index is -4.09. The summed E-state index contributed by atoms with van der Waals surface area (Å²) < 4.78 is 49.0. The predicted molar refractivity (Wildman–Crippen MR) is 169 cm³/mol. The number of unbranched alkanes of at least 4 members (excludes halogenated alkanes) is 2. The molecule has 238 valence electrons. The molecule has 2 N–H and O–H groups in total. The quantitative estimate of drug-likeness (QED) is 0.0672. The third kappa shape index (κ3) is 9.73. The first-order valence-corrected chi connectivity index (χ1v) is 16.5. The second kappa shape index (κ2) is 17.1. The smallest absolute Gasteiger partial charge is 0.404 e. The summed E-state index contributed by atoms with van der Waals surface area (Å²) >= 11 is 0. The number of para-hydroxylation sites is 2. The van der Waals surface area contributed by atoms with Crippen molar-refractivity contribution in [1.82, 2.24) is 24.2 Å². The van der Waals surface area contributed by atoms with Gasteiger partial charge in [-0.2, -0.15) is 4.67 Å². The van der Waals surface area contributed by atoms with E-state index in [4.69, 9.17) is 29.0 Å². The van der Waals surface area contributed by atoms with Crippen molar-refractivity contribution in [2.45, 2.75) is 65.4 Å². The molecule has 0 bridgehead atoms. The standard InChI is InChI=1S/C31H43N6O6P/c1-4-6-18-39-28(40-19-7-5-2)21-37(24-41-25(3)20-36-23-35-29-30(32)33-22-34-31(29)36)44(38,42-26-14-10-8-11-15-26)43-27-16-12-9-13-17-27/h8-17,22-23,25,28H,4-7,18-21,24H2,1-3H3,(H2,32,33,34)/t25-/m1/s1. The van der Waals surface area contributed by atoms with Gasteiger partial charge >= 0.3 is 7.75 Å². The van der Waals surface area contributed by atoms with Gasteiger partial charge in [-0.15, -0.1) is 0 Å². The Bertz CT molecular complexity index is 1390. The van der Waals surface area contributed by atoms with Crippen molar-refractivity contribution in [2.75, 3.05) is 32.2 Å². The summed E-state index contributed by atoms with van der Waals surface area (Å²) in [7, 11) is -4.09. The molecule has 44 heavy (non-hydrogen) atoms. The van der Waals surface area contributed by atoms with Crippen molar-refractivity contribution in [3.63, 3.8) is 0 Å². The van der Waals surface area contributed by atoms with E-state index < -0.39 is 14.0 Å². The maximum atomic E-state index is 14.8. The van der Waals surface area contributed by atoms with Gasteiger partial charge in [0.05, 0.1) is 25.5 Å². The Morgan fingerprint density at radius 1 is 0.864 bits per heavy atom. The maximum absolute atomic E-state index is 14.8. The van der Waals surface area contributed by atoms with Crippen LogP contribution in [0.3, 0.4) is 0 Å². The van der Waals surface area contributed by atoms with Crippen LogP contribution in [0.4, 0.5) is 5.82 Å². The number of nitrogens with zero attached hydrogens (tertiary/aromatic N) is 5. The zero-order chi connectivity index (χ0) is 31.2. The molecule has 0 aliphatic heterocycles. The largest absolute Gasteiger partial charge is 0.517 e. The average molecular weight is 627 g/mol. The molecule has 1 atom stereocenters. The molecule has 0 aliphatic carbocycles. The summed E-state index contributed by atoms with van der Waals surface area (Å²) in [6.07, 6.45) is 5.69. The molecule has 0 fully saturated rings. The minimum Gasteiger partial charge on any atom is -0.404 e. The van der Waals surface area contributed by atoms with Crippen molar-refractivity contribution in [3.8, 4) is 11.5 Å². The molecule has 0 saturated heterocycles. The van der Waals surface area contributed by atoms with Gasteiger partial charge in [-0.25, -0.2) is 19.5 Å². The molecule has 0 aliphatic rings. The minimum absolute atomic E-state index is 0.0782. The van der Waals surface area contributed by atoms with Gasteiger partial charge in [0.25, 0.3) is 0 Å². The molecule has 4 rings (SSSR count). The molecule has 13 heteroatoms. The SMILES string of the molecule is CCCCOC(CN(CO[C@H](C)Cn1cnc2c(N)ncnc21)P(=O)(Oc1ccccc1)Oc1ccccc1)OCCCC. The van der Waals surface area contributed by atoms with Crippen LogP contribution >= 0.6 is 7.75 Å². The Kier molecular flexibility index (Phi) is 12.9. The lowest BCUT2D eigenvalue weighted by Gasteiger charge is -2.33. The van der Waals surface area contributed by atoms with Crippen LogP contribution in [0.15, 0.2) is 73.3 Å². The van der Waals surface area contributed by atoms with Gasteiger partial charge in [0.1, 0.15) is 30.1 Å². The van der Waals surface area contributed by atoms with Crippen molar-refractivity contribution < 1.29 is 27.8 Å². The number of nitrogen functional groups attached to an aromatic ring is 1. The Morgan fingerprint density at radius 2 is 1.45 bits per heavy atom. The third-order valence-corrected chi connectivity index (χ3v) is 8.48. The van der Waals surface area contributed by atoms with E-state index in [0.717, 1.165) is 25.7 Å². The van der Waals surface area contributed by atoms with Crippen molar-refractivity contribution in [3.05, 3.63) is 73.3 Å². The van der Waals surface area contributed by atoms with E-state index >= 15 is 0 Å². The molecule has 12 nitrogen and oxygen atoms in total. The number of hydrogen-bond acceptors (Lipinski definition) is 10. The Morgan fingerprint density at radius 3 is 2.02 bits per heavy atom. The fraction of sp³-hybridized carbons (Fsp3) is 0.452. The summed E-state index contributed by atoms with van der Waals surface area (Å²) in [5.41, 5.74) is 7.08. The van der Waals surface area contributed by atoms with Crippen LogP contribution < -0.4 is 14.8 Å². The van der Waals surface area contributed by atoms with Crippen molar-refractivity contribution in [2.24, 2.45) is 0 Å². The lowest BCUT2D eigenvalue weighted by Crippen LogP contribution is -2.39. The predicted octanol–water partition coefficient (Wildman–Crippen LogP) is 6.30. The highest BCUT2D eigenvalue weighted by Gasteiger charge is 2.40. The molecular weight excluding hydrogens is 583 g/mol. The number of rotatable bonds is 20. The van der Waals surface area contributed by atoms with Crippen LogP contribution in [0.1, 0.15) is 46.5 Å². The summed E-state index contributed by atoms with van der Waals surface area (Å²) in [5, 5.41) is 0. The zero-order valence-electron chi connectivity index (χ0n) is 25.7. The second-order valence-corrected chi connectivity index (χ2v) is 12.1. The van der Waals surface area contributed by atoms with E-state index in [2.05, 4.69) is 28.8 Å². The molecule has 2 aromatic carbocycles. The van der Waals surface area contributed by atoms with Crippen LogP contribution in [-0.2, 0) is 25.3 Å². The van der Waals surface area contributed by atoms with E-state index in [-0.39, 0.29) is 19.4 Å². The first-order valence-electron chi connectivity index (χ1n) is 15.0. The van der Waals surface area contributed by atoms with Crippen LogP contribution in [-0.4, -0.2) is 63.1 Å². The summed E-state index contributed by atoms with van der Waals surface area (Å²) in [6, 6.07) is 17.9. The second-order valence-electron chi connectivity index (χ2n) is 10.3. The number of nitrogens with two attached hydrogens (primary N) is 1. The monoisotopic (exact) mass is 626 g/mol. The lowest BCUT2D eigenvalue weighted by molar-refractivity contribution is -0.155. The average Bonchev–Trinajstić information content (AvgIpc) is 3.43. The van der Waals surface area contributed by atoms with Gasteiger partial charge in [-0.1, -0.05) is 63.1 Å². The van der Waals surface area contributed by atoms with Crippen molar-refractivity contribution >= 4 is 24.7 Å². The van der Waals surface area contributed by atoms with Gasteiger partial charge in [0.2, 0.25) is 0 Å². The number of anilines is 1. The van der Waals surface area contributed by atoms with E-state index in [1.54, 1.807) is 54.9 Å². The van der Waals surface area contributed by atoms with Gasteiger partial charge in [-0.3, -0.25) is 0 Å². The summed E-state index contributed by atoms with van der Waals surface area (Å²) in [5.74, 6) is 1.09. The number of benzene rings is 2. The number of hydrogen-bond donors (Lipinski definition) is 1. The lowest BCUT2D eigenvalue weighted by atomic mass is 10.3. The highest BCUT2D eigenvalue weighted by atomic mass is 31.2. The fourth-order valence-corrected chi connectivity index (χ4v) is 5.79. The van der Waals surface area contributed by atoms with Gasteiger partial charge in [0.15, 0.2) is 17.8 Å². The Balaban J connectivity index is 1.60. The molecule has 0 amide bonds. The highest BCUT2D eigenvalue weighted by molar-refractivity contribution is 7.52. The zero-order valence-corrected chi connectivity index (χ0v) is 26.6. The van der Waals surface area contributed by atoms with Crippen LogP contribution in [0, 0.1) is 0 Å². The van der Waals surface area contributed by atoms with E-state index in [1.807, 2.05) is 23.6 Å². The maximum Gasteiger partial charge on any atom is 0.517 e. The topological polar surface area (TPSA) is 136 Å². The molecule has 0 radical (unpaired) electrons. The van der Waals surface area contributed by atoms with Crippen LogP contribution in [0.5, 0.6) is 11.5 Å². The molecule has 2 aromatic heterocycles. The normalized spacial score (nSPS) is 12.7. The number of fused-ring (bicyclic) bond motifs is 1. The molecule has 0 spiro atoms. The molecule has 0 unspecified atom stereocenters. The summed E-state index contributed by atoms with van der Waals surface area (Å²) in [4.78, 5) is 12.7. The fourth-order valence-electron chi connectivity index (χ4n) is 4.21. The van der Waals surface area contributed by atoms with E-state index in [1.165, 1.54) is 11.0 Å². The molecule has 0 saturated carbocycles. The first kappa shape index (κ1) is 33.4. The number of aromatic nitrogens is 4. The molecular formula is C31H43N6O6P. The molecule has 2 heterocycles. The number of ether oxygens (including phenoxy) is 3. The summed E-state index contributed by atoms with van der Waals surface area (Å²) in [6.45, 7) is 7.48. The van der Waals surface area contributed by atoms with Crippen LogP contribution in [0.2, 0.25) is 0 Å². The van der Waals surface area contributed by atoms with E-state index in [9.17, 15) is 4.57 Å². The van der Waals surface area contributed by atoms with Gasteiger partial charge < -0.3 is 33.6 Å². The highest BCUT2D eigenvalue weighted by Crippen LogP contribution is 2.52. The van der Waals surface area contributed by atoms with Gasteiger partial charge in [0, 0.05) is 13.2 Å². The Labute approximate surface area is 259 Å². The van der Waals surface area contributed by atoms with Crippen molar-refractivity contribution in [1.29, 1.82) is 0 Å².